The zero-order valence-electron chi connectivity index (χ0n) is 16.1. The molecule has 0 fully saturated rings. The average Bonchev–Trinajstić information content (AvgIpc) is 3.35. The fraction of sp³-hybridized carbons (Fsp3) is 0.167. The van der Waals surface area contributed by atoms with Crippen LogP contribution in [0.15, 0.2) is 88.1 Å². The highest BCUT2D eigenvalue weighted by Crippen LogP contribution is 2.23. The van der Waals surface area contributed by atoms with Crippen molar-refractivity contribution in [3.05, 3.63) is 102 Å². The Morgan fingerprint density at radius 2 is 1.29 bits per heavy atom. The molecular weight excluding hydrogens is 352 g/mol. The summed E-state index contributed by atoms with van der Waals surface area (Å²) in [6.07, 6.45) is 3.26. The first-order chi connectivity index (χ1) is 13.7. The predicted octanol–water partition coefficient (Wildman–Crippen LogP) is 5.91. The highest BCUT2D eigenvalue weighted by molar-refractivity contribution is 5.63. The van der Waals surface area contributed by atoms with Gasteiger partial charge in [-0.05, 0) is 49.2 Å². The van der Waals surface area contributed by atoms with Crippen molar-refractivity contribution in [2.45, 2.75) is 27.1 Å². The van der Waals surface area contributed by atoms with Crippen molar-refractivity contribution in [1.82, 2.24) is 0 Å². The fourth-order valence-corrected chi connectivity index (χ4v) is 2.67. The molecule has 4 rings (SSSR count). The van der Waals surface area contributed by atoms with Crippen molar-refractivity contribution in [1.29, 1.82) is 0 Å². The van der Waals surface area contributed by atoms with Gasteiger partial charge in [0, 0.05) is 11.1 Å². The summed E-state index contributed by atoms with van der Waals surface area (Å²) in [4.78, 5) is 0. The number of hydrogen-bond acceptors (Lipinski definition) is 4. The number of rotatable bonds is 5. The second kappa shape index (κ2) is 9.62. The highest BCUT2D eigenvalue weighted by Gasteiger charge is 2.03. The maximum Gasteiger partial charge on any atom is 0.119 e. The Morgan fingerprint density at radius 3 is 1.79 bits per heavy atom. The van der Waals surface area contributed by atoms with Gasteiger partial charge in [-0.25, -0.2) is 0 Å². The van der Waals surface area contributed by atoms with E-state index in [1.807, 2.05) is 50.2 Å². The van der Waals surface area contributed by atoms with Crippen LogP contribution in [0.1, 0.15) is 22.6 Å². The lowest BCUT2D eigenvalue weighted by Crippen LogP contribution is -1.95. The first-order valence-corrected chi connectivity index (χ1v) is 9.12. The van der Waals surface area contributed by atoms with Crippen LogP contribution in [-0.2, 0) is 13.2 Å². The van der Waals surface area contributed by atoms with Crippen LogP contribution in [0, 0.1) is 13.8 Å². The van der Waals surface area contributed by atoms with Gasteiger partial charge in [-0.15, -0.1) is 0 Å². The zero-order chi connectivity index (χ0) is 19.8. The van der Waals surface area contributed by atoms with Crippen molar-refractivity contribution in [2.24, 2.45) is 0 Å². The van der Waals surface area contributed by atoms with Gasteiger partial charge in [0.15, 0.2) is 0 Å². The minimum atomic E-state index is 0.0718. The summed E-state index contributed by atoms with van der Waals surface area (Å²) < 4.78 is 15.9. The summed E-state index contributed by atoms with van der Waals surface area (Å²) in [5.74, 6) is 2.57. The third-order valence-corrected chi connectivity index (χ3v) is 4.46. The Morgan fingerprint density at radius 1 is 0.714 bits per heavy atom. The molecule has 0 aliphatic heterocycles. The monoisotopic (exact) mass is 376 g/mol. The molecule has 0 unspecified atom stereocenters. The van der Waals surface area contributed by atoms with Crippen molar-refractivity contribution in [3.8, 4) is 16.9 Å². The summed E-state index contributed by atoms with van der Waals surface area (Å²) >= 11 is 0. The molecule has 2 aromatic carbocycles. The lowest BCUT2D eigenvalue weighted by molar-refractivity contribution is 0.279. The zero-order valence-corrected chi connectivity index (χ0v) is 16.1. The van der Waals surface area contributed by atoms with Crippen LogP contribution in [0.2, 0.25) is 0 Å². The minimum Gasteiger partial charge on any atom is -0.489 e. The topological polar surface area (TPSA) is 55.7 Å². The van der Waals surface area contributed by atoms with Crippen LogP contribution in [0.3, 0.4) is 0 Å². The minimum absolute atomic E-state index is 0.0718. The number of furan rings is 2. The Hall–Kier alpha value is -3.24. The molecule has 144 valence electrons. The van der Waals surface area contributed by atoms with Gasteiger partial charge in [-0.1, -0.05) is 42.5 Å². The Bertz CT molecular complexity index is 965. The third kappa shape index (κ3) is 5.15. The molecule has 1 N–H and O–H groups in total. The van der Waals surface area contributed by atoms with Gasteiger partial charge in [-0.2, -0.15) is 0 Å². The van der Waals surface area contributed by atoms with E-state index in [4.69, 9.17) is 18.7 Å². The van der Waals surface area contributed by atoms with Crippen LogP contribution < -0.4 is 4.74 Å². The van der Waals surface area contributed by atoms with Gasteiger partial charge >= 0.3 is 0 Å². The van der Waals surface area contributed by atoms with Crippen LogP contribution in [-0.4, -0.2) is 5.11 Å². The second-order valence-electron chi connectivity index (χ2n) is 6.34. The maximum absolute atomic E-state index is 8.55. The van der Waals surface area contributed by atoms with E-state index in [0.717, 1.165) is 28.4 Å². The first kappa shape index (κ1) is 19.5. The molecule has 0 atom stereocenters. The summed E-state index contributed by atoms with van der Waals surface area (Å²) in [5, 5.41) is 8.55. The highest BCUT2D eigenvalue weighted by atomic mass is 16.5. The molecule has 4 heteroatoms. The Kier molecular flexibility index (Phi) is 6.71. The van der Waals surface area contributed by atoms with Crippen LogP contribution >= 0.6 is 0 Å². The molecule has 4 aromatic rings. The number of aryl methyl sites for hydroxylation is 2. The normalized spacial score (nSPS) is 10.2. The third-order valence-electron chi connectivity index (χ3n) is 4.46. The lowest BCUT2D eigenvalue weighted by atomic mass is 10.1. The van der Waals surface area contributed by atoms with E-state index in [9.17, 15) is 0 Å². The standard InChI is InChI=1S/C18H16O2.C6H8O2/c1-14-17(11-12-19-14)13-20-18-9-7-16(8-10-18)15-5-3-2-4-6-15;1-5-6(4-7)2-3-8-5/h2-12H,13H2,1H3;2-3,7H,4H2,1H3. The van der Waals surface area contributed by atoms with Crippen molar-refractivity contribution >= 4 is 0 Å². The number of ether oxygens (including phenoxy) is 1. The smallest absolute Gasteiger partial charge is 0.119 e. The molecule has 2 aromatic heterocycles. The second-order valence-corrected chi connectivity index (χ2v) is 6.34. The number of aliphatic hydroxyl groups is 1. The van der Waals surface area contributed by atoms with Crippen molar-refractivity contribution in [2.75, 3.05) is 0 Å². The molecule has 0 radical (unpaired) electrons. The quantitative estimate of drug-likeness (QED) is 0.470. The van der Waals surface area contributed by atoms with Crippen molar-refractivity contribution in [3.63, 3.8) is 0 Å². The molecule has 2 heterocycles. The molecular formula is C24H24O4. The van der Waals surface area contributed by atoms with Crippen LogP contribution in [0.25, 0.3) is 11.1 Å². The summed E-state index contributed by atoms with van der Waals surface area (Å²) in [5.41, 5.74) is 4.35. The Labute approximate surface area is 165 Å². The number of hydrogen-bond donors (Lipinski definition) is 1. The SMILES string of the molecule is Cc1occc1CO.Cc1occc1COc1ccc(-c2ccccc2)cc1. The van der Waals surface area contributed by atoms with E-state index in [1.165, 1.54) is 11.1 Å². The number of aliphatic hydroxyl groups excluding tert-OH is 1. The van der Waals surface area contributed by atoms with Crippen molar-refractivity contribution < 1.29 is 18.7 Å². The van der Waals surface area contributed by atoms with Gasteiger partial charge in [0.1, 0.15) is 23.9 Å². The summed E-state index contributed by atoms with van der Waals surface area (Å²) in [6, 6.07) is 22.2. The average molecular weight is 376 g/mol. The first-order valence-electron chi connectivity index (χ1n) is 9.12. The molecule has 0 aliphatic rings. The molecule has 0 saturated heterocycles. The van der Waals surface area contributed by atoms with E-state index < -0.39 is 0 Å². The maximum atomic E-state index is 8.55. The Balaban J connectivity index is 0.000000236. The molecule has 28 heavy (non-hydrogen) atoms. The van der Waals surface area contributed by atoms with E-state index in [0.29, 0.717) is 6.61 Å². The lowest BCUT2D eigenvalue weighted by Gasteiger charge is -2.07. The van der Waals surface area contributed by atoms with Gasteiger partial charge in [-0.3, -0.25) is 0 Å². The molecule has 0 aliphatic carbocycles. The van der Waals surface area contributed by atoms with E-state index >= 15 is 0 Å². The van der Waals surface area contributed by atoms with Gasteiger partial charge < -0.3 is 18.7 Å². The molecule has 0 bridgehead atoms. The largest absolute Gasteiger partial charge is 0.489 e. The van der Waals surface area contributed by atoms with Gasteiger partial charge in [0.2, 0.25) is 0 Å². The fourth-order valence-electron chi connectivity index (χ4n) is 2.67. The summed E-state index contributed by atoms with van der Waals surface area (Å²) in [6.45, 7) is 4.37. The van der Waals surface area contributed by atoms with E-state index in [-0.39, 0.29) is 6.61 Å². The molecule has 4 nitrogen and oxygen atoms in total. The van der Waals surface area contributed by atoms with Crippen LogP contribution in [0.4, 0.5) is 0 Å². The predicted molar refractivity (Wildman–Crippen MR) is 109 cm³/mol. The van der Waals surface area contributed by atoms with Gasteiger partial charge in [0.05, 0.1) is 19.1 Å². The molecule has 0 saturated carbocycles. The van der Waals surface area contributed by atoms with Crippen LogP contribution in [0.5, 0.6) is 5.75 Å². The van der Waals surface area contributed by atoms with E-state index in [2.05, 4.69) is 24.3 Å². The van der Waals surface area contributed by atoms with Gasteiger partial charge in [0.25, 0.3) is 0 Å². The number of benzene rings is 2. The van der Waals surface area contributed by atoms with E-state index in [1.54, 1.807) is 18.6 Å². The molecule has 0 amide bonds. The summed E-state index contributed by atoms with van der Waals surface area (Å²) in [7, 11) is 0. The molecule has 0 spiro atoms.